The van der Waals surface area contributed by atoms with E-state index in [4.69, 9.17) is 9.47 Å². The van der Waals surface area contributed by atoms with Gasteiger partial charge in [-0.2, -0.15) is 0 Å². The standard InChI is InChI=1S/C31H54N2O3/c1-3-5-7-9-10-11-12-13-17-23-33(24-18-14-19-25-33)26-28-36-31(34)32-29-21-15-16-22-30(29)35-27-20-8-6-4-2/h15-16,21-22H,3-14,17-20,23-28H2,1-2H3/p+1. The molecule has 5 nitrogen and oxygen atoms in total. The fraction of sp³-hybridized carbons (Fsp3) is 0.774. The molecule has 1 saturated heterocycles. The fourth-order valence-electron chi connectivity index (χ4n) is 5.38. The summed E-state index contributed by atoms with van der Waals surface area (Å²) in [5.74, 6) is 0.718. The van der Waals surface area contributed by atoms with Crippen molar-refractivity contribution in [3.63, 3.8) is 0 Å². The van der Waals surface area contributed by atoms with E-state index < -0.39 is 0 Å². The maximum absolute atomic E-state index is 12.6. The van der Waals surface area contributed by atoms with Crippen LogP contribution in [0.5, 0.6) is 5.75 Å². The van der Waals surface area contributed by atoms with Crippen LogP contribution in [0.2, 0.25) is 0 Å². The topological polar surface area (TPSA) is 47.6 Å². The average molecular weight is 504 g/mol. The Balaban J connectivity index is 1.69. The summed E-state index contributed by atoms with van der Waals surface area (Å²) in [5.41, 5.74) is 0.689. The van der Waals surface area contributed by atoms with Crippen molar-refractivity contribution in [2.24, 2.45) is 0 Å². The Morgan fingerprint density at radius 3 is 2.06 bits per heavy atom. The molecule has 1 amide bonds. The van der Waals surface area contributed by atoms with E-state index in [-0.39, 0.29) is 6.09 Å². The molecule has 0 aromatic heterocycles. The molecule has 1 aromatic carbocycles. The fourth-order valence-corrected chi connectivity index (χ4v) is 5.38. The van der Waals surface area contributed by atoms with Crippen molar-refractivity contribution in [3.8, 4) is 5.75 Å². The van der Waals surface area contributed by atoms with E-state index in [0.29, 0.717) is 18.9 Å². The summed E-state index contributed by atoms with van der Waals surface area (Å²) in [6.07, 6.45) is 20.5. The van der Waals surface area contributed by atoms with E-state index in [0.717, 1.165) is 23.2 Å². The summed E-state index contributed by atoms with van der Waals surface area (Å²) < 4.78 is 12.7. The number of ether oxygens (including phenoxy) is 2. The lowest BCUT2D eigenvalue weighted by Crippen LogP contribution is -2.54. The van der Waals surface area contributed by atoms with Crippen LogP contribution in [-0.4, -0.2) is 50.0 Å². The Bertz CT molecular complexity index is 688. The number of carbonyl (C=O) groups excluding carboxylic acids is 1. The Morgan fingerprint density at radius 2 is 1.36 bits per heavy atom. The van der Waals surface area contributed by atoms with Gasteiger partial charge in [-0.05, 0) is 50.7 Å². The van der Waals surface area contributed by atoms with E-state index in [1.54, 1.807) is 0 Å². The first-order chi connectivity index (χ1) is 17.7. The van der Waals surface area contributed by atoms with Gasteiger partial charge in [0.15, 0.2) is 0 Å². The third-order valence-electron chi connectivity index (χ3n) is 7.68. The van der Waals surface area contributed by atoms with Gasteiger partial charge in [0, 0.05) is 0 Å². The molecule has 0 atom stereocenters. The number of para-hydroxylation sites is 2. The largest absolute Gasteiger partial charge is 0.491 e. The van der Waals surface area contributed by atoms with Crippen LogP contribution in [0.1, 0.15) is 117 Å². The van der Waals surface area contributed by atoms with Crippen LogP contribution in [0.4, 0.5) is 10.5 Å². The van der Waals surface area contributed by atoms with Crippen LogP contribution in [0, 0.1) is 0 Å². The second-order valence-electron chi connectivity index (χ2n) is 10.8. The zero-order valence-electron chi connectivity index (χ0n) is 23.5. The van der Waals surface area contributed by atoms with Crippen molar-refractivity contribution in [1.29, 1.82) is 0 Å². The van der Waals surface area contributed by atoms with E-state index in [1.807, 2.05) is 24.3 Å². The second kappa shape index (κ2) is 19.4. The number of benzene rings is 1. The zero-order chi connectivity index (χ0) is 25.7. The van der Waals surface area contributed by atoms with Gasteiger partial charge in [0.05, 0.1) is 31.9 Å². The lowest BCUT2D eigenvalue weighted by molar-refractivity contribution is -0.932. The van der Waals surface area contributed by atoms with Gasteiger partial charge < -0.3 is 14.0 Å². The minimum atomic E-state index is -0.379. The maximum atomic E-state index is 12.6. The number of unbranched alkanes of at least 4 members (excludes halogenated alkanes) is 11. The number of amides is 1. The van der Waals surface area contributed by atoms with Crippen LogP contribution >= 0.6 is 0 Å². The van der Waals surface area contributed by atoms with Crippen molar-refractivity contribution in [1.82, 2.24) is 0 Å². The molecule has 0 spiro atoms. The molecule has 1 aliphatic rings. The number of hydrogen-bond donors (Lipinski definition) is 1. The molecule has 0 saturated carbocycles. The smallest absolute Gasteiger partial charge is 0.411 e. The van der Waals surface area contributed by atoms with E-state index >= 15 is 0 Å². The number of nitrogens with one attached hydrogen (secondary N) is 1. The molecular formula is C31H55N2O3+. The van der Waals surface area contributed by atoms with Gasteiger partial charge in [-0.1, -0.05) is 90.2 Å². The highest BCUT2D eigenvalue weighted by atomic mass is 16.5. The Kier molecular flexibility index (Phi) is 16.4. The predicted octanol–water partition coefficient (Wildman–Crippen LogP) is 8.73. The van der Waals surface area contributed by atoms with E-state index in [9.17, 15) is 4.79 Å². The zero-order valence-corrected chi connectivity index (χ0v) is 23.5. The highest BCUT2D eigenvalue weighted by Gasteiger charge is 2.29. The summed E-state index contributed by atoms with van der Waals surface area (Å²) in [6, 6.07) is 7.65. The number of likely N-dealkylation sites (tertiary alicyclic amines) is 1. The first-order valence-corrected chi connectivity index (χ1v) is 15.2. The van der Waals surface area contributed by atoms with E-state index in [1.165, 1.54) is 116 Å². The number of piperidine rings is 1. The Hall–Kier alpha value is -1.75. The van der Waals surface area contributed by atoms with Crippen molar-refractivity contribution in [3.05, 3.63) is 24.3 Å². The van der Waals surface area contributed by atoms with Gasteiger partial charge in [0.2, 0.25) is 0 Å². The number of carbonyl (C=O) groups is 1. The van der Waals surface area contributed by atoms with Gasteiger partial charge in [0.1, 0.15) is 18.9 Å². The summed E-state index contributed by atoms with van der Waals surface area (Å²) in [7, 11) is 0. The minimum absolute atomic E-state index is 0.379. The van der Waals surface area contributed by atoms with Crippen LogP contribution in [0.15, 0.2) is 24.3 Å². The van der Waals surface area contributed by atoms with Crippen LogP contribution in [0.3, 0.4) is 0 Å². The first-order valence-electron chi connectivity index (χ1n) is 15.2. The molecule has 1 N–H and O–H groups in total. The monoisotopic (exact) mass is 503 g/mol. The van der Waals surface area contributed by atoms with Crippen LogP contribution in [-0.2, 0) is 4.74 Å². The molecule has 0 bridgehead atoms. The number of quaternary nitrogens is 1. The molecule has 0 radical (unpaired) electrons. The predicted molar refractivity (Wildman–Crippen MR) is 152 cm³/mol. The summed E-state index contributed by atoms with van der Waals surface area (Å²) in [6.45, 7) is 10.3. The summed E-state index contributed by atoms with van der Waals surface area (Å²) in [5, 5.41) is 2.90. The lowest BCUT2D eigenvalue weighted by Gasteiger charge is -2.41. The highest BCUT2D eigenvalue weighted by Crippen LogP contribution is 2.25. The van der Waals surface area contributed by atoms with Crippen molar-refractivity contribution < 1.29 is 18.8 Å². The van der Waals surface area contributed by atoms with Crippen molar-refractivity contribution in [2.75, 3.05) is 44.7 Å². The molecule has 1 aromatic rings. The van der Waals surface area contributed by atoms with Gasteiger partial charge in [-0.3, -0.25) is 5.32 Å². The number of rotatable bonds is 20. The summed E-state index contributed by atoms with van der Waals surface area (Å²) >= 11 is 0. The second-order valence-corrected chi connectivity index (χ2v) is 10.8. The minimum Gasteiger partial charge on any atom is -0.491 e. The SMILES string of the molecule is CCCCCCCCCCC[N+]1(CCOC(=O)Nc2ccccc2OCCCCCC)CCCCC1. The maximum Gasteiger partial charge on any atom is 0.411 e. The summed E-state index contributed by atoms with van der Waals surface area (Å²) in [4.78, 5) is 12.6. The molecule has 2 rings (SSSR count). The van der Waals surface area contributed by atoms with Crippen molar-refractivity contribution in [2.45, 2.75) is 117 Å². The molecule has 5 heteroatoms. The molecular weight excluding hydrogens is 448 g/mol. The third-order valence-corrected chi connectivity index (χ3v) is 7.68. The number of nitrogens with zero attached hydrogens (tertiary/aromatic N) is 1. The van der Waals surface area contributed by atoms with Gasteiger partial charge in [-0.25, -0.2) is 4.79 Å². The van der Waals surface area contributed by atoms with E-state index in [2.05, 4.69) is 19.2 Å². The molecule has 1 heterocycles. The Labute approximate surface area is 221 Å². The number of anilines is 1. The van der Waals surface area contributed by atoms with Crippen LogP contribution in [0.25, 0.3) is 0 Å². The van der Waals surface area contributed by atoms with Crippen molar-refractivity contribution >= 4 is 11.8 Å². The van der Waals surface area contributed by atoms with Gasteiger partial charge in [-0.15, -0.1) is 0 Å². The highest BCUT2D eigenvalue weighted by molar-refractivity contribution is 5.86. The lowest BCUT2D eigenvalue weighted by atomic mass is 10.0. The normalized spacial score (nSPS) is 14.9. The average Bonchev–Trinajstić information content (AvgIpc) is 2.89. The van der Waals surface area contributed by atoms with Gasteiger partial charge >= 0.3 is 6.09 Å². The first kappa shape index (κ1) is 30.5. The molecule has 0 aliphatic carbocycles. The quantitative estimate of drug-likeness (QED) is 0.143. The molecule has 1 fully saturated rings. The Morgan fingerprint density at radius 1 is 0.750 bits per heavy atom. The molecule has 36 heavy (non-hydrogen) atoms. The molecule has 206 valence electrons. The van der Waals surface area contributed by atoms with Gasteiger partial charge in [0.25, 0.3) is 0 Å². The third kappa shape index (κ3) is 13.0. The molecule has 1 aliphatic heterocycles. The van der Waals surface area contributed by atoms with Crippen LogP contribution < -0.4 is 10.1 Å². The molecule has 0 unspecified atom stereocenters. The number of hydrogen-bond acceptors (Lipinski definition) is 3.